The van der Waals surface area contributed by atoms with Crippen LogP contribution in [0.1, 0.15) is 30.5 Å². The summed E-state index contributed by atoms with van der Waals surface area (Å²) in [4.78, 5) is 11.6. The number of aromatic nitrogens is 2. The Bertz CT molecular complexity index is 397. The van der Waals surface area contributed by atoms with Crippen LogP contribution in [-0.4, -0.2) is 16.3 Å². The minimum absolute atomic E-state index is 0.0129. The molecule has 0 atom stereocenters. The van der Waals surface area contributed by atoms with Crippen molar-refractivity contribution in [2.45, 2.75) is 38.6 Å². The van der Waals surface area contributed by atoms with Gasteiger partial charge in [0.2, 0.25) is 0 Å². The van der Waals surface area contributed by atoms with Crippen LogP contribution in [0.2, 0.25) is 0 Å². The molecule has 0 bridgehead atoms. The van der Waals surface area contributed by atoms with E-state index in [-0.39, 0.29) is 5.56 Å². The van der Waals surface area contributed by atoms with Crippen LogP contribution in [0.5, 0.6) is 0 Å². The molecule has 15 heavy (non-hydrogen) atoms. The maximum atomic E-state index is 11.6. The van der Waals surface area contributed by atoms with Gasteiger partial charge in [-0.3, -0.25) is 4.79 Å². The summed E-state index contributed by atoms with van der Waals surface area (Å²) in [6.45, 7) is 0.984. The molecule has 1 heterocycles. The summed E-state index contributed by atoms with van der Waals surface area (Å²) >= 11 is 0. The van der Waals surface area contributed by atoms with E-state index in [1.165, 1.54) is 23.9 Å². The first-order valence-corrected chi connectivity index (χ1v) is 5.61. The molecule has 1 aliphatic rings. The molecule has 82 valence electrons. The first kappa shape index (κ1) is 10.4. The van der Waals surface area contributed by atoms with Gasteiger partial charge >= 0.3 is 0 Å². The van der Waals surface area contributed by atoms with Crippen molar-refractivity contribution in [2.75, 3.05) is 6.54 Å². The maximum Gasteiger partial charge on any atom is 0.267 e. The second-order valence-electron chi connectivity index (χ2n) is 4.03. The van der Waals surface area contributed by atoms with Gasteiger partial charge in [-0.05, 0) is 31.2 Å². The van der Waals surface area contributed by atoms with Gasteiger partial charge < -0.3 is 5.73 Å². The monoisotopic (exact) mass is 207 g/mol. The van der Waals surface area contributed by atoms with Crippen LogP contribution in [0.4, 0.5) is 0 Å². The van der Waals surface area contributed by atoms with Crippen LogP contribution < -0.4 is 11.3 Å². The van der Waals surface area contributed by atoms with E-state index in [1.807, 2.05) is 0 Å². The normalized spacial score (nSPS) is 15.8. The maximum absolute atomic E-state index is 11.6. The number of hydrogen-bond donors (Lipinski definition) is 1. The Morgan fingerprint density at radius 3 is 2.93 bits per heavy atom. The Morgan fingerprint density at radius 1 is 1.33 bits per heavy atom. The molecule has 1 aliphatic carbocycles. The Balaban J connectivity index is 2.38. The summed E-state index contributed by atoms with van der Waals surface area (Å²) in [7, 11) is 0. The highest BCUT2D eigenvalue weighted by Gasteiger charge is 2.11. The Morgan fingerprint density at radius 2 is 2.13 bits per heavy atom. The summed E-state index contributed by atoms with van der Waals surface area (Å²) in [5, 5.41) is 4.39. The molecule has 2 rings (SSSR count). The van der Waals surface area contributed by atoms with Gasteiger partial charge in [-0.1, -0.05) is 6.42 Å². The molecule has 0 saturated heterocycles. The Labute approximate surface area is 89.1 Å². The van der Waals surface area contributed by atoms with E-state index in [9.17, 15) is 4.79 Å². The lowest BCUT2D eigenvalue weighted by Gasteiger charge is -2.08. The van der Waals surface area contributed by atoms with E-state index < -0.39 is 0 Å². The largest absolute Gasteiger partial charge is 0.329 e. The van der Waals surface area contributed by atoms with Crippen molar-refractivity contribution in [1.29, 1.82) is 0 Å². The molecule has 2 N–H and O–H groups in total. The molecule has 1 aromatic rings. The molecular formula is C11H17N3O. The zero-order valence-corrected chi connectivity index (χ0v) is 8.91. The van der Waals surface area contributed by atoms with Crippen LogP contribution >= 0.6 is 0 Å². The second kappa shape index (κ2) is 4.57. The van der Waals surface area contributed by atoms with E-state index in [2.05, 4.69) is 5.10 Å². The number of rotatable bonds is 2. The van der Waals surface area contributed by atoms with Crippen molar-refractivity contribution in [3.63, 3.8) is 0 Å². The van der Waals surface area contributed by atoms with Crippen molar-refractivity contribution in [3.8, 4) is 0 Å². The van der Waals surface area contributed by atoms with Gasteiger partial charge in [0, 0.05) is 12.6 Å². The van der Waals surface area contributed by atoms with Crippen LogP contribution in [0.3, 0.4) is 0 Å². The second-order valence-corrected chi connectivity index (χ2v) is 4.03. The predicted molar refractivity (Wildman–Crippen MR) is 58.8 cm³/mol. The number of nitrogens with two attached hydrogens (primary N) is 1. The van der Waals surface area contributed by atoms with E-state index >= 15 is 0 Å². The quantitative estimate of drug-likeness (QED) is 0.717. The lowest BCUT2D eigenvalue weighted by molar-refractivity contribution is 0.568. The minimum atomic E-state index is -0.0129. The third-order valence-electron chi connectivity index (χ3n) is 2.86. The first-order chi connectivity index (χ1) is 7.31. The van der Waals surface area contributed by atoms with E-state index in [4.69, 9.17) is 5.73 Å². The average Bonchev–Trinajstić information content (AvgIpc) is 2.44. The fourth-order valence-corrected chi connectivity index (χ4v) is 2.06. The number of hydrogen-bond acceptors (Lipinski definition) is 3. The first-order valence-electron chi connectivity index (χ1n) is 5.61. The molecule has 0 radical (unpaired) electrons. The molecule has 0 amide bonds. The summed E-state index contributed by atoms with van der Waals surface area (Å²) in [5.74, 6) is 0. The fraction of sp³-hybridized carbons (Fsp3) is 0.636. The van der Waals surface area contributed by atoms with E-state index in [0.717, 1.165) is 24.1 Å². The molecule has 0 spiro atoms. The fourth-order valence-electron chi connectivity index (χ4n) is 2.06. The van der Waals surface area contributed by atoms with Crippen LogP contribution in [0, 0.1) is 0 Å². The smallest absolute Gasteiger partial charge is 0.267 e. The number of fused-ring (bicyclic) bond motifs is 1. The zero-order valence-electron chi connectivity index (χ0n) is 8.91. The number of aryl methyl sites for hydroxylation is 2. The Kier molecular flexibility index (Phi) is 3.16. The van der Waals surface area contributed by atoms with Gasteiger partial charge in [-0.2, -0.15) is 5.10 Å². The van der Waals surface area contributed by atoms with Gasteiger partial charge in [-0.15, -0.1) is 0 Å². The molecule has 0 aromatic carbocycles. The lowest BCUT2D eigenvalue weighted by atomic mass is 10.1. The molecule has 1 aromatic heterocycles. The van der Waals surface area contributed by atoms with Crippen LogP contribution in [0.15, 0.2) is 10.9 Å². The highest BCUT2D eigenvalue weighted by molar-refractivity contribution is 5.19. The predicted octanol–water partition coefficient (Wildman–Crippen LogP) is 0.471. The minimum Gasteiger partial charge on any atom is -0.329 e. The molecule has 4 nitrogen and oxygen atoms in total. The van der Waals surface area contributed by atoms with Crippen LogP contribution in [-0.2, 0) is 19.4 Å². The molecule has 4 heteroatoms. The zero-order chi connectivity index (χ0) is 10.7. The topological polar surface area (TPSA) is 60.9 Å². The standard InChI is InChI=1S/C11H17N3O/c12-6-7-14-11(15)8-9-4-2-1-3-5-10(9)13-14/h8H,1-7,12H2. The van der Waals surface area contributed by atoms with Crippen molar-refractivity contribution in [1.82, 2.24) is 9.78 Å². The lowest BCUT2D eigenvalue weighted by Crippen LogP contribution is -2.27. The number of nitrogens with zero attached hydrogens (tertiary/aromatic N) is 2. The van der Waals surface area contributed by atoms with Crippen molar-refractivity contribution in [2.24, 2.45) is 5.73 Å². The van der Waals surface area contributed by atoms with Crippen molar-refractivity contribution in [3.05, 3.63) is 27.7 Å². The highest BCUT2D eigenvalue weighted by Crippen LogP contribution is 2.16. The SMILES string of the molecule is NCCn1nc2c(cc1=O)CCCCC2. The van der Waals surface area contributed by atoms with Crippen LogP contribution in [0.25, 0.3) is 0 Å². The van der Waals surface area contributed by atoms with Gasteiger partial charge in [0.1, 0.15) is 0 Å². The van der Waals surface area contributed by atoms with E-state index in [1.54, 1.807) is 6.07 Å². The van der Waals surface area contributed by atoms with Crippen molar-refractivity contribution < 1.29 is 0 Å². The average molecular weight is 207 g/mol. The third kappa shape index (κ3) is 2.26. The van der Waals surface area contributed by atoms with Gasteiger partial charge in [0.05, 0.1) is 12.2 Å². The van der Waals surface area contributed by atoms with Gasteiger partial charge in [0.25, 0.3) is 5.56 Å². The summed E-state index contributed by atoms with van der Waals surface area (Å²) in [6.07, 6.45) is 5.60. The molecule has 0 saturated carbocycles. The van der Waals surface area contributed by atoms with E-state index in [0.29, 0.717) is 13.1 Å². The molecule has 0 fully saturated rings. The van der Waals surface area contributed by atoms with Crippen molar-refractivity contribution >= 4 is 0 Å². The summed E-state index contributed by atoms with van der Waals surface area (Å²) < 4.78 is 1.49. The molecule has 0 unspecified atom stereocenters. The highest BCUT2D eigenvalue weighted by atomic mass is 16.1. The summed E-state index contributed by atoms with van der Waals surface area (Å²) in [5.41, 5.74) is 7.67. The summed E-state index contributed by atoms with van der Waals surface area (Å²) in [6, 6.07) is 1.74. The molecule has 0 aliphatic heterocycles. The van der Waals surface area contributed by atoms with Gasteiger partial charge in [0.15, 0.2) is 0 Å². The Hall–Kier alpha value is -1.16. The molecular weight excluding hydrogens is 190 g/mol. The third-order valence-corrected chi connectivity index (χ3v) is 2.86. The van der Waals surface area contributed by atoms with Gasteiger partial charge in [-0.25, -0.2) is 4.68 Å².